The van der Waals surface area contributed by atoms with Gasteiger partial charge >= 0.3 is 12.4 Å². The van der Waals surface area contributed by atoms with Crippen LogP contribution < -0.4 is 15.5 Å². The number of anilines is 2. The summed E-state index contributed by atoms with van der Waals surface area (Å²) < 4.78 is 91.2. The molecule has 1 aliphatic heterocycles. The molecule has 4 aromatic rings. The van der Waals surface area contributed by atoms with E-state index < -0.39 is 35.9 Å². The van der Waals surface area contributed by atoms with Crippen LogP contribution in [-0.4, -0.2) is 52.5 Å². The average molecular weight is 673 g/mol. The summed E-state index contributed by atoms with van der Waals surface area (Å²) in [4.78, 5) is 19.4. The SMILES string of the molecule is COCCNCc1cc2c(c(C(F)(F)F)c1)CN(c1cc(-c3cc(C(F)(F)F)ccc3-c3nncn3C)cc(NCCCC#N)n1)C2=O. The Morgan fingerprint density at radius 3 is 2.46 bits per heavy atom. The molecule has 3 heterocycles. The third kappa shape index (κ3) is 7.42. The lowest BCUT2D eigenvalue weighted by Gasteiger charge is -2.20. The molecule has 0 fully saturated rings. The van der Waals surface area contributed by atoms with Gasteiger partial charge in [-0.1, -0.05) is 0 Å². The van der Waals surface area contributed by atoms with E-state index >= 15 is 0 Å². The van der Waals surface area contributed by atoms with Crippen LogP contribution in [0.5, 0.6) is 0 Å². The summed E-state index contributed by atoms with van der Waals surface area (Å²) in [6.45, 7) is 0.556. The van der Waals surface area contributed by atoms with Crippen molar-refractivity contribution in [3.05, 3.63) is 76.6 Å². The van der Waals surface area contributed by atoms with Crippen LogP contribution in [-0.2, 0) is 37.2 Å². The maximum atomic E-state index is 14.3. The topological polar surface area (TPSA) is 121 Å². The lowest BCUT2D eigenvalue weighted by atomic mass is 9.96. The van der Waals surface area contributed by atoms with Crippen molar-refractivity contribution in [2.45, 2.75) is 38.3 Å². The molecule has 0 atom stereocenters. The molecule has 0 aliphatic carbocycles. The van der Waals surface area contributed by atoms with E-state index in [0.29, 0.717) is 19.6 Å². The molecule has 0 spiro atoms. The molecule has 0 saturated heterocycles. The Morgan fingerprint density at radius 2 is 1.79 bits per heavy atom. The number of fused-ring (bicyclic) bond motifs is 1. The van der Waals surface area contributed by atoms with Gasteiger partial charge in [0, 0.05) is 51.3 Å². The van der Waals surface area contributed by atoms with Crippen molar-refractivity contribution in [2.75, 3.05) is 37.0 Å². The first kappa shape index (κ1) is 34.3. The molecular weight excluding hydrogens is 642 g/mol. The average Bonchev–Trinajstić information content (AvgIpc) is 3.62. The predicted octanol–water partition coefficient (Wildman–Crippen LogP) is 6.19. The van der Waals surface area contributed by atoms with E-state index in [1.165, 1.54) is 42.3 Å². The number of nitrogens with zero attached hydrogens (tertiary/aromatic N) is 6. The van der Waals surface area contributed by atoms with Crippen LogP contribution in [0.1, 0.15) is 45.5 Å². The van der Waals surface area contributed by atoms with Crippen molar-refractivity contribution in [1.29, 1.82) is 5.26 Å². The second-order valence-electron chi connectivity index (χ2n) is 11.0. The van der Waals surface area contributed by atoms with Crippen molar-refractivity contribution in [3.63, 3.8) is 0 Å². The number of unbranched alkanes of at least 4 members (excludes halogenated alkanes) is 1. The zero-order chi connectivity index (χ0) is 34.6. The largest absolute Gasteiger partial charge is 0.416 e. The molecule has 48 heavy (non-hydrogen) atoms. The molecule has 1 amide bonds. The third-order valence-corrected chi connectivity index (χ3v) is 7.69. The summed E-state index contributed by atoms with van der Waals surface area (Å²) in [7, 11) is 3.11. The number of ether oxygens (including phenoxy) is 1. The minimum Gasteiger partial charge on any atom is -0.383 e. The van der Waals surface area contributed by atoms with Crippen LogP contribution in [0.2, 0.25) is 0 Å². The molecule has 2 aromatic carbocycles. The molecule has 252 valence electrons. The molecule has 5 rings (SSSR count). The van der Waals surface area contributed by atoms with Gasteiger partial charge in [-0.2, -0.15) is 31.6 Å². The Balaban J connectivity index is 1.63. The Kier molecular flexibility index (Phi) is 10.0. The fraction of sp³-hybridized carbons (Fsp3) is 0.344. The fourth-order valence-electron chi connectivity index (χ4n) is 5.38. The molecule has 16 heteroatoms. The van der Waals surface area contributed by atoms with Crippen molar-refractivity contribution in [1.82, 2.24) is 25.1 Å². The maximum Gasteiger partial charge on any atom is 0.416 e. The quantitative estimate of drug-likeness (QED) is 0.135. The van der Waals surface area contributed by atoms with E-state index in [-0.39, 0.29) is 70.4 Å². The zero-order valence-electron chi connectivity index (χ0n) is 25.8. The second-order valence-corrected chi connectivity index (χ2v) is 11.0. The number of rotatable bonds is 12. The van der Waals surface area contributed by atoms with E-state index in [0.717, 1.165) is 23.1 Å². The van der Waals surface area contributed by atoms with Gasteiger partial charge in [-0.25, -0.2) is 4.98 Å². The maximum absolute atomic E-state index is 14.3. The van der Waals surface area contributed by atoms with Gasteiger partial charge in [-0.05, 0) is 71.1 Å². The van der Waals surface area contributed by atoms with Gasteiger partial charge in [-0.15, -0.1) is 10.2 Å². The van der Waals surface area contributed by atoms with Crippen molar-refractivity contribution in [2.24, 2.45) is 7.05 Å². The first-order valence-corrected chi connectivity index (χ1v) is 14.7. The summed E-state index contributed by atoms with van der Waals surface area (Å²) in [5.74, 6) is -0.422. The van der Waals surface area contributed by atoms with Crippen LogP contribution in [0.25, 0.3) is 22.5 Å². The van der Waals surface area contributed by atoms with Crippen LogP contribution in [0.3, 0.4) is 0 Å². The fourth-order valence-corrected chi connectivity index (χ4v) is 5.38. The van der Waals surface area contributed by atoms with Crippen molar-refractivity contribution >= 4 is 17.5 Å². The highest BCUT2D eigenvalue weighted by molar-refractivity contribution is 6.10. The molecule has 10 nitrogen and oxygen atoms in total. The van der Waals surface area contributed by atoms with Crippen LogP contribution in [0, 0.1) is 11.3 Å². The molecule has 0 unspecified atom stereocenters. The minimum atomic E-state index is -4.77. The van der Waals surface area contributed by atoms with E-state index in [1.54, 1.807) is 7.05 Å². The lowest BCUT2D eigenvalue weighted by Crippen LogP contribution is -2.24. The number of carbonyl (C=O) groups excluding carboxylic acids is 1. The summed E-state index contributed by atoms with van der Waals surface area (Å²) >= 11 is 0. The molecule has 0 radical (unpaired) electrons. The number of halogens is 6. The molecular formula is C32H30F6N8O2. The minimum absolute atomic E-state index is 0.0534. The second kappa shape index (κ2) is 14.0. The molecule has 2 N–H and O–H groups in total. The summed E-state index contributed by atoms with van der Waals surface area (Å²) in [5, 5.41) is 22.8. The Bertz CT molecular complexity index is 1850. The van der Waals surface area contributed by atoms with Gasteiger partial charge in [0.2, 0.25) is 0 Å². The number of aryl methyl sites for hydroxylation is 1. The number of methoxy groups -OCH3 is 1. The highest BCUT2D eigenvalue weighted by Gasteiger charge is 2.41. The highest BCUT2D eigenvalue weighted by atomic mass is 19.4. The van der Waals surface area contributed by atoms with Gasteiger partial charge in [-0.3, -0.25) is 9.69 Å². The van der Waals surface area contributed by atoms with E-state index in [4.69, 9.17) is 10.00 Å². The number of alkyl halides is 6. The summed E-state index contributed by atoms with van der Waals surface area (Å²) in [6, 6.07) is 10.4. The first-order chi connectivity index (χ1) is 22.8. The number of pyridine rings is 1. The van der Waals surface area contributed by atoms with E-state index in [1.807, 2.05) is 6.07 Å². The molecule has 0 bridgehead atoms. The number of nitriles is 1. The number of aromatic nitrogens is 4. The highest BCUT2D eigenvalue weighted by Crippen LogP contribution is 2.42. The number of hydrogen-bond acceptors (Lipinski definition) is 8. The van der Waals surface area contributed by atoms with Crippen LogP contribution in [0.15, 0.2) is 48.8 Å². The number of carbonyl (C=O) groups is 1. The summed E-state index contributed by atoms with van der Waals surface area (Å²) in [6.07, 6.45) is -7.45. The van der Waals surface area contributed by atoms with E-state index in [9.17, 15) is 31.1 Å². The Hall–Kier alpha value is -5.01. The van der Waals surface area contributed by atoms with Gasteiger partial charge in [0.1, 0.15) is 18.0 Å². The Morgan fingerprint density at radius 1 is 1.00 bits per heavy atom. The first-order valence-electron chi connectivity index (χ1n) is 14.7. The van der Waals surface area contributed by atoms with Crippen molar-refractivity contribution in [3.8, 4) is 28.6 Å². The van der Waals surface area contributed by atoms with Crippen molar-refractivity contribution < 1.29 is 35.9 Å². The van der Waals surface area contributed by atoms with Gasteiger partial charge in [0.25, 0.3) is 5.91 Å². The number of nitrogens with one attached hydrogen (secondary N) is 2. The summed E-state index contributed by atoms with van der Waals surface area (Å²) in [5.41, 5.74) is -1.50. The number of benzene rings is 2. The predicted molar refractivity (Wildman–Crippen MR) is 164 cm³/mol. The van der Waals surface area contributed by atoms with Crippen LogP contribution >= 0.6 is 0 Å². The third-order valence-electron chi connectivity index (χ3n) is 7.69. The normalized spacial score (nSPS) is 13.1. The van der Waals surface area contributed by atoms with E-state index in [2.05, 4.69) is 25.8 Å². The smallest absolute Gasteiger partial charge is 0.383 e. The number of hydrogen-bond donors (Lipinski definition) is 2. The number of amides is 1. The molecule has 1 aliphatic rings. The monoisotopic (exact) mass is 672 g/mol. The molecule has 0 saturated carbocycles. The zero-order valence-corrected chi connectivity index (χ0v) is 25.8. The Labute approximate surface area is 271 Å². The van der Waals surface area contributed by atoms with Gasteiger partial charge in [0.05, 0.1) is 30.3 Å². The van der Waals surface area contributed by atoms with Crippen LogP contribution in [0.4, 0.5) is 38.0 Å². The van der Waals surface area contributed by atoms with Gasteiger partial charge in [0.15, 0.2) is 5.82 Å². The standard InChI is InChI=1S/C32H30F6N8O2/c1-45-18-42-44-29(45)22-6-5-21(31(33,34)35)15-23(22)20-13-27(41-8-4-3-7-39)43-28(14-20)46-17-25-24(30(46)47)11-19(16-40-9-10-48-2)12-26(25)32(36,37)38/h5-6,11-15,18,40H,3-4,8-10,16-17H2,1-2H3,(H,41,43). The molecule has 2 aromatic heterocycles. The van der Waals surface area contributed by atoms with Gasteiger partial charge < -0.3 is 19.9 Å². The lowest BCUT2D eigenvalue weighted by molar-refractivity contribution is -0.138.